The van der Waals surface area contributed by atoms with Gasteiger partial charge >= 0.3 is 0 Å². The van der Waals surface area contributed by atoms with Crippen molar-refractivity contribution in [3.05, 3.63) is 27.7 Å². The molecular formula is C13H14BrClN2O2S. The molecule has 7 heteroatoms. The lowest BCUT2D eigenvalue weighted by molar-refractivity contribution is -0.135. The number of hydrogen-bond donors (Lipinski definition) is 1. The highest BCUT2D eigenvalue weighted by atomic mass is 79.9. The minimum absolute atomic E-state index is 0.00273. The Morgan fingerprint density at radius 2 is 2.30 bits per heavy atom. The fourth-order valence-corrected chi connectivity index (χ4v) is 3.82. The van der Waals surface area contributed by atoms with E-state index in [1.54, 1.807) is 41.8 Å². The van der Waals surface area contributed by atoms with Gasteiger partial charge in [0.05, 0.1) is 16.6 Å². The highest BCUT2D eigenvalue weighted by Crippen LogP contribution is 2.27. The van der Waals surface area contributed by atoms with E-state index in [0.717, 1.165) is 4.47 Å². The van der Waals surface area contributed by atoms with E-state index < -0.39 is 6.04 Å². The molecule has 0 aliphatic carbocycles. The molecule has 2 amide bonds. The van der Waals surface area contributed by atoms with E-state index in [0.29, 0.717) is 28.8 Å². The molecule has 0 aromatic heterocycles. The number of rotatable bonds is 3. The highest BCUT2D eigenvalue weighted by Gasteiger charge is 2.33. The average Bonchev–Trinajstić information content (AvgIpc) is 2.90. The van der Waals surface area contributed by atoms with Crippen LogP contribution in [0, 0.1) is 0 Å². The third kappa shape index (κ3) is 3.48. The van der Waals surface area contributed by atoms with Crippen molar-refractivity contribution >= 4 is 56.8 Å². The first-order chi connectivity index (χ1) is 9.52. The van der Waals surface area contributed by atoms with E-state index in [9.17, 15) is 9.59 Å². The Hall–Kier alpha value is -0.720. The predicted octanol–water partition coefficient (Wildman–Crippen LogP) is 3.35. The SMILES string of the molecule is CCC(=O)N1CSCC1C(=O)Nc1ccc(Br)cc1Cl. The number of benzene rings is 1. The number of amides is 2. The van der Waals surface area contributed by atoms with Gasteiger partial charge in [-0.25, -0.2) is 0 Å². The summed E-state index contributed by atoms with van der Waals surface area (Å²) < 4.78 is 0.847. The molecule has 1 aromatic carbocycles. The maximum absolute atomic E-state index is 12.3. The summed E-state index contributed by atoms with van der Waals surface area (Å²) in [5, 5.41) is 3.25. The summed E-state index contributed by atoms with van der Waals surface area (Å²) in [4.78, 5) is 25.7. The van der Waals surface area contributed by atoms with Crippen LogP contribution in [0.15, 0.2) is 22.7 Å². The number of halogens is 2. The number of anilines is 1. The van der Waals surface area contributed by atoms with Crippen molar-refractivity contribution in [3.63, 3.8) is 0 Å². The van der Waals surface area contributed by atoms with Gasteiger partial charge in [0.25, 0.3) is 0 Å². The average molecular weight is 378 g/mol. The molecule has 1 aliphatic heterocycles. The van der Waals surface area contributed by atoms with E-state index >= 15 is 0 Å². The Morgan fingerprint density at radius 3 is 2.95 bits per heavy atom. The summed E-state index contributed by atoms with van der Waals surface area (Å²) in [6.45, 7) is 1.80. The molecule has 1 fully saturated rings. The van der Waals surface area contributed by atoms with E-state index in [4.69, 9.17) is 11.6 Å². The second-order valence-electron chi connectivity index (χ2n) is 4.35. The molecule has 108 valence electrons. The molecule has 4 nitrogen and oxygen atoms in total. The monoisotopic (exact) mass is 376 g/mol. The van der Waals surface area contributed by atoms with Crippen molar-refractivity contribution in [2.75, 3.05) is 16.9 Å². The maximum Gasteiger partial charge on any atom is 0.248 e. The molecule has 1 aliphatic rings. The van der Waals surface area contributed by atoms with Crippen LogP contribution in [-0.2, 0) is 9.59 Å². The van der Waals surface area contributed by atoms with Crippen molar-refractivity contribution in [2.24, 2.45) is 0 Å². The molecule has 0 spiro atoms. The fraction of sp³-hybridized carbons (Fsp3) is 0.385. The summed E-state index contributed by atoms with van der Waals surface area (Å²) >= 11 is 11.0. The normalized spacial score (nSPS) is 18.1. The van der Waals surface area contributed by atoms with Crippen LogP contribution >= 0.6 is 39.3 Å². The van der Waals surface area contributed by atoms with E-state index in [1.807, 2.05) is 0 Å². The second kappa shape index (κ2) is 6.83. The predicted molar refractivity (Wildman–Crippen MR) is 86.0 cm³/mol. The summed E-state index contributed by atoms with van der Waals surface area (Å²) in [5.41, 5.74) is 0.556. The number of thioether (sulfide) groups is 1. The number of nitrogens with zero attached hydrogens (tertiary/aromatic N) is 1. The standard InChI is InChI=1S/C13H14BrClN2O2S/c1-2-12(18)17-7-20-6-11(17)13(19)16-10-4-3-8(14)5-9(10)15/h3-5,11H,2,6-7H2,1H3,(H,16,19). The Bertz CT molecular complexity index is 541. The molecule has 20 heavy (non-hydrogen) atoms. The zero-order chi connectivity index (χ0) is 14.7. The van der Waals surface area contributed by atoms with Crippen LogP contribution in [0.1, 0.15) is 13.3 Å². The molecule has 1 aromatic rings. The lowest BCUT2D eigenvalue weighted by Gasteiger charge is -2.22. The van der Waals surface area contributed by atoms with Gasteiger partial charge in [0.1, 0.15) is 6.04 Å². The maximum atomic E-state index is 12.3. The molecule has 2 rings (SSSR count). The van der Waals surface area contributed by atoms with Gasteiger partial charge in [-0.3, -0.25) is 9.59 Å². The zero-order valence-electron chi connectivity index (χ0n) is 10.9. The molecule has 1 unspecified atom stereocenters. The zero-order valence-corrected chi connectivity index (χ0v) is 14.0. The lowest BCUT2D eigenvalue weighted by Crippen LogP contribution is -2.44. The summed E-state index contributed by atoms with van der Waals surface area (Å²) in [7, 11) is 0. The molecule has 1 saturated heterocycles. The van der Waals surface area contributed by atoms with Crippen LogP contribution in [0.4, 0.5) is 5.69 Å². The van der Waals surface area contributed by atoms with Gasteiger partial charge in [-0.05, 0) is 18.2 Å². The Kier molecular flexibility index (Phi) is 5.35. The number of carbonyl (C=O) groups is 2. The van der Waals surface area contributed by atoms with Gasteiger partial charge < -0.3 is 10.2 Å². The molecule has 1 atom stereocenters. The summed E-state index contributed by atoms with van der Waals surface area (Å²) in [5.74, 6) is 0.989. The molecule has 1 N–H and O–H groups in total. The van der Waals surface area contributed by atoms with Gasteiger partial charge in [0, 0.05) is 16.6 Å². The van der Waals surface area contributed by atoms with E-state index in [1.165, 1.54) is 0 Å². The van der Waals surface area contributed by atoms with E-state index in [-0.39, 0.29) is 11.8 Å². The van der Waals surface area contributed by atoms with Crippen LogP contribution in [0.5, 0.6) is 0 Å². The van der Waals surface area contributed by atoms with Gasteiger partial charge in [-0.2, -0.15) is 0 Å². The molecule has 0 bridgehead atoms. The summed E-state index contributed by atoms with van der Waals surface area (Å²) in [6.07, 6.45) is 0.406. The molecule has 1 heterocycles. The van der Waals surface area contributed by atoms with Gasteiger partial charge in [-0.1, -0.05) is 34.5 Å². The third-order valence-electron chi connectivity index (χ3n) is 3.00. The first-order valence-corrected chi connectivity index (χ1v) is 8.48. The second-order valence-corrected chi connectivity index (χ2v) is 6.67. The quantitative estimate of drug-likeness (QED) is 0.879. The largest absolute Gasteiger partial charge is 0.323 e. The van der Waals surface area contributed by atoms with Crippen molar-refractivity contribution in [3.8, 4) is 0 Å². The molecule has 0 saturated carbocycles. The third-order valence-corrected chi connectivity index (χ3v) is 4.81. The van der Waals surface area contributed by atoms with Crippen molar-refractivity contribution in [2.45, 2.75) is 19.4 Å². The lowest BCUT2D eigenvalue weighted by atomic mass is 10.2. The van der Waals surface area contributed by atoms with Crippen LogP contribution < -0.4 is 5.32 Å². The van der Waals surface area contributed by atoms with E-state index in [2.05, 4.69) is 21.2 Å². The summed E-state index contributed by atoms with van der Waals surface area (Å²) in [6, 6.07) is 4.83. The van der Waals surface area contributed by atoms with Gasteiger partial charge in [0.2, 0.25) is 11.8 Å². The number of carbonyl (C=O) groups excluding carboxylic acids is 2. The number of hydrogen-bond acceptors (Lipinski definition) is 3. The van der Waals surface area contributed by atoms with Crippen LogP contribution in [0.25, 0.3) is 0 Å². The van der Waals surface area contributed by atoms with Crippen molar-refractivity contribution < 1.29 is 9.59 Å². The smallest absolute Gasteiger partial charge is 0.248 e. The Labute approximate surface area is 135 Å². The molecular weight excluding hydrogens is 364 g/mol. The van der Waals surface area contributed by atoms with Crippen LogP contribution in [0.2, 0.25) is 5.02 Å². The van der Waals surface area contributed by atoms with Gasteiger partial charge in [-0.15, -0.1) is 11.8 Å². The number of nitrogens with one attached hydrogen (secondary N) is 1. The van der Waals surface area contributed by atoms with Crippen LogP contribution in [0.3, 0.4) is 0 Å². The first kappa shape index (κ1) is 15.7. The van der Waals surface area contributed by atoms with Crippen LogP contribution in [-0.4, -0.2) is 34.4 Å². The minimum Gasteiger partial charge on any atom is -0.323 e. The topological polar surface area (TPSA) is 49.4 Å². The highest BCUT2D eigenvalue weighted by molar-refractivity contribution is 9.10. The Morgan fingerprint density at radius 1 is 1.55 bits per heavy atom. The Balaban J connectivity index is 2.09. The molecule has 0 radical (unpaired) electrons. The minimum atomic E-state index is -0.424. The fourth-order valence-electron chi connectivity index (χ4n) is 1.92. The van der Waals surface area contributed by atoms with Crippen molar-refractivity contribution in [1.29, 1.82) is 0 Å². The van der Waals surface area contributed by atoms with Gasteiger partial charge in [0.15, 0.2) is 0 Å². The first-order valence-electron chi connectivity index (χ1n) is 6.16. The van der Waals surface area contributed by atoms with Crippen molar-refractivity contribution in [1.82, 2.24) is 4.90 Å².